The van der Waals surface area contributed by atoms with Gasteiger partial charge >= 0.3 is 0 Å². The zero-order valence-corrected chi connectivity index (χ0v) is 10.5. The lowest BCUT2D eigenvalue weighted by Gasteiger charge is -2.04. The third kappa shape index (κ3) is 3.13. The lowest BCUT2D eigenvalue weighted by atomic mass is 10.2. The predicted molar refractivity (Wildman–Crippen MR) is 71.6 cm³/mol. The summed E-state index contributed by atoms with van der Waals surface area (Å²) in [4.78, 5) is 12.6. The highest BCUT2D eigenvalue weighted by Gasteiger charge is 2.00. The average Bonchev–Trinajstić information content (AvgIpc) is 2.41. The van der Waals surface area contributed by atoms with Crippen LogP contribution in [0.5, 0.6) is 5.75 Å². The van der Waals surface area contributed by atoms with Crippen molar-refractivity contribution in [1.82, 2.24) is 9.97 Å². The fourth-order valence-corrected chi connectivity index (χ4v) is 1.56. The number of benzene rings is 1. The maximum atomic E-state index is 5.29. The van der Waals surface area contributed by atoms with Crippen molar-refractivity contribution in [2.45, 2.75) is 13.3 Å². The molecule has 0 bridgehead atoms. The van der Waals surface area contributed by atoms with E-state index in [0.29, 0.717) is 6.42 Å². The van der Waals surface area contributed by atoms with Gasteiger partial charge in [-0.15, -0.1) is 0 Å². The van der Waals surface area contributed by atoms with Gasteiger partial charge in [-0.05, 0) is 24.6 Å². The molecule has 2 aromatic rings. The normalized spacial score (nSPS) is 10.8. The fourth-order valence-electron chi connectivity index (χ4n) is 1.56. The molecule has 0 unspecified atom stereocenters. The van der Waals surface area contributed by atoms with Crippen molar-refractivity contribution in [3.8, 4) is 5.75 Å². The van der Waals surface area contributed by atoms with Gasteiger partial charge in [-0.2, -0.15) is 0 Å². The van der Waals surface area contributed by atoms with Crippen LogP contribution in [0.2, 0.25) is 0 Å². The van der Waals surface area contributed by atoms with E-state index in [4.69, 9.17) is 4.74 Å². The summed E-state index contributed by atoms with van der Waals surface area (Å²) in [7, 11) is 1.65. The van der Waals surface area contributed by atoms with E-state index in [9.17, 15) is 0 Å². The van der Waals surface area contributed by atoms with Crippen LogP contribution in [0, 0.1) is 6.92 Å². The van der Waals surface area contributed by atoms with Gasteiger partial charge in [0.1, 0.15) is 11.4 Å². The summed E-state index contributed by atoms with van der Waals surface area (Å²) in [5.74, 6) is 0.783. The minimum atomic E-state index is 0.658. The number of hydrogen-bond donors (Lipinski definition) is 0. The van der Waals surface area contributed by atoms with E-state index in [1.165, 1.54) is 0 Å². The Labute approximate surface area is 106 Å². The van der Waals surface area contributed by atoms with Crippen LogP contribution in [0.25, 0.3) is 0 Å². The average molecular weight is 241 g/mol. The summed E-state index contributed by atoms with van der Waals surface area (Å²) >= 11 is 0. The quantitative estimate of drug-likeness (QED) is 0.773. The molecule has 0 spiro atoms. The third-order valence-electron chi connectivity index (χ3n) is 2.48. The Kier molecular flexibility index (Phi) is 4.02. The van der Waals surface area contributed by atoms with Crippen LogP contribution in [0.4, 0.5) is 5.69 Å². The predicted octanol–water partition coefficient (Wildman–Crippen LogP) is 2.74. The Morgan fingerprint density at radius 3 is 2.94 bits per heavy atom. The van der Waals surface area contributed by atoms with E-state index in [-0.39, 0.29) is 0 Å². The number of rotatable bonds is 4. The summed E-state index contributed by atoms with van der Waals surface area (Å²) < 4.78 is 5.29. The van der Waals surface area contributed by atoms with E-state index >= 15 is 0 Å². The molecule has 0 atom stereocenters. The summed E-state index contributed by atoms with van der Waals surface area (Å²) in [6.45, 7) is 2.02. The largest absolute Gasteiger partial charge is 0.494 e. The third-order valence-corrected chi connectivity index (χ3v) is 2.48. The summed E-state index contributed by atoms with van der Waals surface area (Å²) in [5.41, 5.74) is 2.87. The van der Waals surface area contributed by atoms with Gasteiger partial charge in [0.15, 0.2) is 0 Å². The molecule has 0 radical (unpaired) electrons. The molecule has 0 amide bonds. The molecule has 0 N–H and O–H groups in total. The van der Waals surface area contributed by atoms with Crippen molar-refractivity contribution in [2.24, 2.45) is 4.99 Å². The van der Waals surface area contributed by atoms with Gasteiger partial charge in [0.25, 0.3) is 0 Å². The molecule has 4 heteroatoms. The zero-order valence-electron chi connectivity index (χ0n) is 10.5. The Balaban J connectivity index is 2.09. The van der Waals surface area contributed by atoms with Crippen LogP contribution in [-0.4, -0.2) is 23.3 Å². The van der Waals surface area contributed by atoms with Gasteiger partial charge in [0.2, 0.25) is 0 Å². The number of aliphatic imine (C=N–C) groups is 1. The van der Waals surface area contributed by atoms with Gasteiger partial charge in [-0.3, -0.25) is 15.0 Å². The van der Waals surface area contributed by atoms with Crippen LogP contribution < -0.4 is 4.74 Å². The molecule has 92 valence electrons. The number of methoxy groups -OCH3 is 1. The van der Waals surface area contributed by atoms with E-state index in [2.05, 4.69) is 15.0 Å². The highest BCUT2D eigenvalue weighted by molar-refractivity contribution is 5.68. The molecule has 4 nitrogen and oxygen atoms in total. The van der Waals surface area contributed by atoms with Gasteiger partial charge in [-0.1, -0.05) is 6.07 Å². The maximum absolute atomic E-state index is 5.29. The van der Waals surface area contributed by atoms with E-state index in [1.807, 2.05) is 31.3 Å². The molecular formula is C14H15N3O. The van der Waals surface area contributed by atoms with Gasteiger partial charge in [-0.25, -0.2) is 0 Å². The van der Waals surface area contributed by atoms with Crippen LogP contribution >= 0.6 is 0 Å². The number of nitrogens with zero attached hydrogens (tertiary/aromatic N) is 3. The molecule has 1 aromatic carbocycles. The smallest absolute Gasteiger partial charge is 0.144 e. The first-order valence-electron chi connectivity index (χ1n) is 5.71. The highest BCUT2D eigenvalue weighted by Crippen LogP contribution is 2.27. The second kappa shape index (κ2) is 5.91. The monoisotopic (exact) mass is 241 g/mol. The van der Waals surface area contributed by atoms with E-state index in [1.54, 1.807) is 25.7 Å². The summed E-state index contributed by atoms with van der Waals surface area (Å²) in [5, 5.41) is 0. The lowest BCUT2D eigenvalue weighted by Crippen LogP contribution is -1.91. The molecule has 1 aromatic heterocycles. The second-order valence-corrected chi connectivity index (χ2v) is 3.89. The van der Waals surface area contributed by atoms with Crippen molar-refractivity contribution in [3.05, 3.63) is 48.0 Å². The van der Waals surface area contributed by atoms with E-state index < -0.39 is 0 Å². The number of aryl methyl sites for hydroxylation is 1. The van der Waals surface area contributed by atoms with Gasteiger partial charge < -0.3 is 4.74 Å². The molecule has 0 aliphatic carbocycles. The number of aromatic nitrogens is 2. The molecule has 18 heavy (non-hydrogen) atoms. The fraction of sp³-hybridized carbons (Fsp3) is 0.214. The molecular weight excluding hydrogens is 226 g/mol. The highest BCUT2D eigenvalue weighted by atomic mass is 16.5. The lowest BCUT2D eigenvalue weighted by molar-refractivity contribution is 0.416. The first-order chi connectivity index (χ1) is 8.79. The first-order valence-corrected chi connectivity index (χ1v) is 5.71. The molecule has 1 heterocycles. The zero-order chi connectivity index (χ0) is 12.8. The standard InChI is InChI=1S/C14H15N3O/c1-11-3-4-13(14(9-11)18-2)17-6-5-12-10-15-7-8-16-12/h3-4,6-10H,5H2,1-2H3. The molecule has 0 aliphatic rings. The summed E-state index contributed by atoms with van der Waals surface area (Å²) in [6.07, 6.45) is 7.54. The molecule has 0 saturated heterocycles. The summed E-state index contributed by atoms with van der Waals surface area (Å²) in [6, 6.07) is 5.92. The first kappa shape index (κ1) is 12.2. The molecule has 2 rings (SSSR count). The van der Waals surface area contributed by atoms with Crippen LogP contribution in [0.15, 0.2) is 41.8 Å². The number of hydrogen-bond acceptors (Lipinski definition) is 4. The van der Waals surface area contributed by atoms with Crippen molar-refractivity contribution in [1.29, 1.82) is 0 Å². The Hall–Kier alpha value is -2.23. The Morgan fingerprint density at radius 1 is 1.33 bits per heavy atom. The van der Waals surface area contributed by atoms with Crippen molar-refractivity contribution < 1.29 is 4.74 Å². The van der Waals surface area contributed by atoms with Gasteiger partial charge in [0, 0.05) is 31.2 Å². The number of ether oxygens (including phenoxy) is 1. The SMILES string of the molecule is COc1cc(C)ccc1N=CCc1cnccn1. The molecule has 0 saturated carbocycles. The van der Waals surface area contributed by atoms with Crippen molar-refractivity contribution in [3.63, 3.8) is 0 Å². The minimum absolute atomic E-state index is 0.658. The van der Waals surface area contributed by atoms with Gasteiger partial charge in [0.05, 0.1) is 12.8 Å². The van der Waals surface area contributed by atoms with Crippen LogP contribution in [0.3, 0.4) is 0 Å². The molecule has 0 fully saturated rings. The van der Waals surface area contributed by atoms with Crippen molar-refractivity contribution >= 4 is 11.9 Å². The minimum Gasteiger partial charge on any atom is -0.494 e. The maximum Gasteiger partial charge on any atom is 0.144 e. The topological polar surface area (TPSA) is 47.4 Å². The van der Waals surface area contributed by atoms with Crippen molar-refractivity contribution in [2.75, 3.05) is 7.11 Å². The molecule has 0 aliphatic heterocycles. The Morgan fingerprint density at radius 2 is 2.22 bits per heavy atom. The van der Waals surface area contributed by atoms with E-state index in [0.717, 1.165) is 22.7 Å². The van der Waals surface area contributed by atoms with Crippen LogP contribution in [-0.2, 0) is 6.42 Å². The Bertz CT molecular complexity index is 538. The van der Waals surface area contributed by atoms with Crippen LogP contribution in [0.1, 0.15) is 11.3 Å². The second-order valence-electron chi connectivity index (χ2n) is 3.89.